The molecule has 1 aliphatic rings. The van der Waals surface area contributed by atoms with Crippen LogP contribution in [0.4, 0.5) is 5.82 Å². The molecule has 1 aromatic carbocycles. The van der Waals surface area contributed by atoms with Gasteiger partial charge in [-0.05, 0) is 36.5 Å². The Balaban J connectivity index is 1.59. The summed E-state index contributed by atoms with van der Waals surface area (Å²) in [7, 11) is 3.68. The molecule has 1 heterocycles. The minimum absolute atomic E-state index is 0.0323. The van der Waals surface area contributed by atoms with Crippen LogP contribution in [0.15, 0.2) is 36.7 Å². The second-order valence-corrected chi connectivity index (χ2v) is 7.56. The number of hydrogen-bond donors (Lipinski definition) is 0. The van der Waals surface area contributed by atoms with Crippen molar-refractivity contribution in [2.24, 2.45) is 0 Å². The van der Waals surface area contributed by atoms with Gasteiger partial charge in [-0.2, -0.15) is 4.98 Å². The number of Topliss-reactive ketones (excluding diaryl/α,β-unsaturated/α-hetero) is 1. The number of ether oxygens (including phenoxy) is 1. The highest BCUT2D eigenvalue weighted by Gasteiger charge is 2.20. The molecule has 1 fully saturated rings. The van der Waals surface area contributed by atoms with Gasteiger partial charge in [0.25, 0.3) is 0 Å². The van der Waals surface area contributed by atoms with Crippen LogP contribution >= 0.6 is 0 Å². The molecule has 3 rings (SSSR count). The Morgan fingerprint density at radius 2 is 1.79 bits per heavy atom. The Kier molecular flexibility index (Phi) is 6.80. The van der Waals surface area contributed by atoms with Crippen molar-refractivity contribution in [2.45, 2.75) is 38.5 Å². The molecule has 1 aromatic heterocycles. The zero-order valence-electron chi connectivity index (χ0n) is 17.3. The summed E-state index contributed by atoms with van der Waals surface area (Å²) in [5.41, 5.74) is 1.25. The highest BCUT2D eigenvalue weighted by molar-refractivity contribution is 5.79. The van der Waals surface area contributed by atoms with Crippen LogP contribution in [0.5, 0.6) is 11.6 Å². The predicted molar refractivity (Wildman–Crippen MR) is 111 cm³/mol. The van der Waals surface area contributed by atoms with Crippen molar-refractivity contribution in [3.63, 3.8) is 0 Å². The second-order valence-electron chi connectivity index (χ2n) is 7.56. The smallest absolute Gasteiger partial charge is 0.239 e. The van der Waals surface area contributed by atoms with Crippen LogP contribution in [0.2, 0.25) is 0 Å². The van der Waals surface area contributed by atoms with E-state index in [-0.39, 0.29) is 5.91 Å². The number of ketones is 1. The molecule has 0 N–H and O–H groups in total. The van der Waals surface area contributed by atoms with E-state index in [9.17, 15) is 9.59 Å². The summed E-state index contributed by atoms with van der Waals surface area (Å²) >= 11 is 0. The first-order valence-corrected chi connectivity index (χ1v) is 9.97. The van der Waals surface area contributed by atoms with Crippen molar-refractivity contribution >= 4 is 17.5 Å². The maximum atomic E-state index is 11.4. The number of rotatable bonds is 7. The van der Waals surface area contributed by atoms with Gasteiger partial charge < -0.3 is 14.5 Å². The molecule has 0 aliphatic heterocycles. The van der Waals surface area contributed by atoms with Crippen LogP contribution in [0.25, 0.3) is 0 Å². The van der Waals surface area contributed by atoms with Gasteiger partial charge in [0.05, 0.1) is 12.4 Å². The van der Waals surface area contributed by atoms with Crippen LogP contribution in [0.1, 0.15) is 44.1 Å². The van der Waals surface area contributed by atoms with Gasteiger partial charge in [-0.15, -0.1) is 0 Å². The van der Waals surface area contributed by atoms with Crippen LogP contribution in [0, 0.1) is 0 Å². The van der Waals surface area contributed by atoms with Gasteiger partial charge in [0, 0.05) is 47.0 Å². The molecule has 0 saturated heterocycles. The molecule has 154 valence electrons. The molecular formula is C22H28N4O3. The molecule has 0 spiro atoms. The molecule has 2 aromatic rings. The van der Waals surface area contributed by atoms with Crippen molar-refractivity contribution < 1.29 is 14.3 Å². The largest absolute Gasteiger partial charge is 0.437 e. The summed E-state index contributed by atoms with van der Waals surface area (Å²) in [6, 6.07) is 8.00. The molecule has 1 amide bonds. The topological polar surface area (TPSA) is 75.6 Å². The maximum Gasteiger partial charge on any atom is 0.239 e. The molecule has 0 radical (unpaired) electrons. The predicted octanol–water partition coefficient (Wildman–Crippen LogP) is 3.41. The minimum Gasteiger partial charge on any atom is -0.437 e. The summed E-state index contributed by atoms with van der Waals surface area (Å²) in [6.45, 7) is 2.80. The Hall–Kier alpha value is -2.96. The lowest BCUT2D eigenvalue weighted by Crippen LogP contribution is -2.33. The fourth-order valence-electron chi connectivity index (χ4n) is 3.35. The monoisotopic (exact) mass is 396 g/mol. The van der Waals surface area contributed by atoms with Crippen LogP contribution in [0.3, 0.4) is 0 Å². The Bertz CT molecular complexity index is 843. The van der Waals surface area contributed by atoms with E-state index in [4.69, 9.17) is 4.74 Å². The molecule has 29 heavy (non-hydrogen) atoms. The first-order valence-electron chi connectivity index (χ1n) is 9.97. The van der Waals surface area contributed by atoms with Crippen molar-refractivity contribution in [1.82, 2.24) is 14.9 Å². The maximum absolute atomic E-state index is 11.4. The van der Waals surface area contributed by atoms with E-state index >= 15 is 0 Å². The normalized spacial score (nSPS) is 14.5. The van der Waals surface area contributed by atoms with Crippen molar-refractivity contribution in [3.05, 3.63) is 42.2 Å². The summed E-state index contributed by atoms with van der Waals surface area (Å²) in [6.07, 6.45) is 6.48. The van der Waals surface area contributed by atoms with E-state index in [1.807, 2.05) is 24.1 Å². The Labute approximate surface area is 171 Å². The first-order chi connectivity index (χ1) is 13.9. The highest BCUT2D eigenvalue weighted by Crippen LogP contribution is 2.32. The van der Waals surface area contributed by atoms with Crippen molar-refractivity contribution in [3.8, 4) is 11.6 Å². The van der Waals surface area contributed by atoms with E-state index in [2.05, 4.69) is 22.1 Å². The van der Waals surface area contributed by atoms with Crippen molar-refractivity contribution in [1.29, 1.82) is 0 Å². The molecule has 0 unspecified atom stereocenters. The lowest BCUT2D eigenvalue weighted by molar-refractivity contribution is -0.127. The highest BCUT2D eigenvalue weighted by atomic mass is 16.5. The van der Waals surface area contributed by atoms with Gasteiger partial charge in [0.15, 0.2) is 5.82 Å². The SMILES string of the molecule is CC(=O)N(C)CCN(C)c1cncc(Oc2ccc(C3CCC(=O)CC3)cc2)n1. The van der Waals surface area contributed by atoms with E-state index in [0.717, 1.165) is 12.8 Å². The summed E-state index contributed by atoms with van der Waals surface area (Å²) in [5.74, 6) is 2.66. The number of carbonyl (C=O) groups is 2. The van der Waals surface area contributed by atoms with Crippen molar-refractivity contribution in [2.75, 3.05) is 32.1 Å². The third kappa shape index (κ3) is 5.76. The number of benzene rings is 1. The van der Waals surface area contributed by atoms with E-state index in [1.165, 1.54) is 5.56 Å². The fraction of sp³-hybridized carbons (Fsp3) is 0.455. The number of carbonyl (C=O) groups excluding carboxylic acids is 2. The number of hydrogen-bond acceptors (Lipinski definition) is 6. The molecule has 0 bridgehead atoms. The molecule has 0 atom stereocenters. The molecule has 7 heteroatoms. The van der Waals surface area contributed by atoms with Crippen LogP contribution in [-0.2, 0) is 9.59 Å². The summed E-state index contributed by atoms with van der Waals surface area (Å²) < 4.78 is 5.87. The number of anilines is 1. The van der Waals surface area contributed by atoms with Gasteiger partial charge in [-0.25, -0.2) is 0 Å². The molecule has 1 aliphatic carbocycles. The average molecular weight is 396 g/mol. The van der Waals surface area contributed by atoms with E-state index in [0.29, 0.717) is 55.1 Å². The lowest BCUT2D eigenvalue weighted by Gasteiger charge is -2.22. The summed E-state index contributed by atoms with van der Waals surface area (Å²) in [5, 5.41) is 0. The number of nitrogens with zero attached hydrogens (tertiary/aromatic N) is 4. The zero-order chi connectivity index (χ0) is 20.8. The Morgan fingerprint density at radius 3 is 2.45 bits per heavy atom. The number of aromatic nitrogens is 2. The van der Waals surface area contributed by atoms with Gasteiger partial charge in [0.1, 0.15) is 11.5 Å². The fourth-order valence-corrected chi connectivity index (χ4v) is 3.35. The average Bonchev–Trinajstić information content (AvgIpc) is 2.73. The molecule has 1 saturated carbocycles. The standard InChI is InChI=1S/C22H28N4O3/c1-16(27)25(2)12-13-26(3)21-14-23-15-22(24-21)29-20-10-6-18(7-11-20)17-4-8-19(28)9-5-17/h6-7,10-11,14-15,17H,4-5,8-9,12-13H2,1-3H3. The van der Waals surface area contributed by atoms with Gasteiger partial charge in [-0.3, -0.25) is 14.6 Å². The van der Waals surface area contributed by atoms with Gasteiger partial charge in [0.2, 0.25) is 11.8 Å². The van der Waals surface area contributed by atoms with Crippen LogP contribution < -0.4 is 9.64 Å². The Morgan fingerprint density at radius 1 is 1.10 bits per heavy atom. The third-order valence-corrected chi connectivity index (χ3v) is 5.42. The quantitative estimate of drug-likeness (QED) is 0.714. The number of likely N-dealkylation sites (N-methyl/N-ethyl adjacent to an activating group) is 2. The number of amides is 1. The first kappa shape index (κ1) is 20.8. The van der Waals surface area contributed by atoms with Gasteiger partial charge in [-0.1, -0.05) is 12.1 Å². The lowest BCUT2D eigenvalue weighted by atomic mass is 9.83. The minimum atomic E-state index is 0.0323. The van der Waals surface area contributed by atoms with Gasteiger partial charge >= 0.3 is 0 Å². The molecular weight excluding hydrogens is 368 g/mol. The van der Waals surface area contributed by atoms with E-state index < -0.39 is 0 Å². The zero-order valence-corrected chi connectivity index (χ0v) is 17.3. The third-order valence-electron chi connectivity index (χ3n) is 5.42. The summed E-state index contributed by atoms with van der Waals surface area (Å²) in [4.78, 5) is 35.1. The second kappa shape index (κ2) is 9.49. The van der Waals surface area contributed by atoms with E-state index in [1.54, 1.807) is 31.3 Å². The molecule has 7 nitrogen and oxygen atoms in total. The van der Waals surface area contributed by atoms with Crippen LogP contribution in [-0.4, -0.2) is 53.7 Å².